The van der Waals surface area contributed by atoms with Crippen molar-refractivity contribution >= 4 is 27.0 Å². The molecule has 29 heavy (non-hydrogen) atoms. The van der Waals surface area contributed by atoms with Crippen LogP contribution in [0.25, 0.3) is 16.7 Å². The highest BCUT2D eigenvalue weighted by molar-refractivity contribution is 7.83. The first kappa shape index (κ1) is 20.4. The zero-order valence-electron chi connectivity index (χ0n) is 14.8. The quantitative estimate of drug-likeness (QED) is 0.148. The van der Waals surface area contributed by atoms with Gasteiger partial charge in [0.15, 0.2) is 0 Å². The van der Waals surface area contributed by atoms with Gasteiger partial charge in [0.05, 0.1) is 22.3 Å². The van der Waals surface area contributed by atoms with Crippen molar-refractivity contribution in [1.29, 1.82) is 0 Å². The Labute approximate surface area is 162 Å². The van der Waals surface area contributed by atoms with Crippen molar-refractivity contribution in [2.45, 2.75) is 19.4 Å². The normalized spacial score (nSPS) is 11.8. The Kier molecular flexibility index (Phi) is 5.58. The lowest BCUT2D eigenvalue weighted by molar-refractivity contribution is -0.384. The minimum Gasteiger partial charge on any atom is -0.316 e. The van der Waals surface area contributed by atoms with Crippen LogP contribution in [-0.2, 0) is 16.8 Å². The van der Waals surface area contributed by atoms with Crippen LogP contribution in [0.5, 0.6) is 0 Å². The lowest BCUT2D eigenvalue weighted by atomic mass is 10.2. The maximum atomic E-state index is 12.3. The van der Waals surface area contributed by atoms with Gasteiger partial charge >= 0.3 is 21.4 Å². The monoisotopic (exact) mass is 424 g/mol. The number of aromatic amines is 1. The maximum Gasteiger partial charge on any atom is 0.333 e. The summed E-state index contributed by atoms with van der Waals surface area (Å²) in [5, 5.41) is 11.5. The average Bonchev–Trinajstić information content (AvgIpc) is 3.17. The fourth-order valence-electron chi connectivity index (χ4n) is 2.87. The molecule has 1 aromatic carbocycles. The van der Waals surface area contributed by atoms with Crippen LogP contribution in [0.2, 0.25) is 0 Å². The van der Waals surface area contributed by atoms with Crippen LogP contribution in [0, 0.1) is 10.1 Å². The summed E-state index contributed by atoms with van der Waals surface area (Å²) in [4.78, 5) is 41.4. The van der Waals surface area contributed by atoms with E-state index in [2.05, 4.69) is 9.97 Å². The Morgan fingerprint density at radius 1 is 1.28 bits per heavy atom. The van der Waals surface area contributed by atoms with E-state index in [4.69, 9.17) is 4.55 Å². The average molecular weight is 424 g/mol. The summed E-state index contributed by atoms with van der Waals surface area (Å²) in [6.45, 7) is 0.00799. The van der Waals surface area contributed by atoms with Crippen molar-refractivity contribution in [3.63, 3.8) is 0 Å². The molecule has 0 bridgehead atoms. The zero-order chi connectivity index (χ0) is 21.2. The smallest absolute Gasteiger partial charge is 0.316 e. The number of unbranched alkanes of at least 4 members (excludes halogenated alkanes) is 1. The highest BCUT2D eigenvalue weighted by Gasteiger charge is 2.19. The van der Waals surface area contributed by atoms with E-state index in [9.17, 15) is 28.1 Å². The molecule has 0 atom stereocenters. The number of rotatable bonds is 8. The van der Waals surface area contributed by atoms with Crippen LogP contribution in [0.3, 0.4) is 0 Å². The van der Waals surface area contributed by atoms with Gasteiger partial charge in [-0.3, -0.25) is 24.3 Å². The first-order chi connectivity index (χ1) is 13.7. The van der Waals surface area contributed by atoms with E-state index in [1.165, 1.54) is 40.0 Å². The Bertz CT molecular complexity index is 1280. The number of hydrogen-bond acceptors (Lipinski definition) is 7. The SMILES string of the molecule is O=c1[nH]c2cc([N+](=O)[O-])c(-n3ccnc3)cc2n(CCCCNS(=O)(=O)O)c1=O. The van der Waals surface area contributed by atoms with Gasteiger partial charge in [-0.05, 0) is 18.9 Å². The molecule has 0 saturated heterocycles. The molecule has 0 spiro atoms. The first-order valence-corrected chi connectivity index (χ1v) is 9.77. The highest BCUT2D eigenvalue weighted by Crippen LogP contribution is 2.27. The van der Waals surface area contributed by atoms with Crippen LogP contribution in [0.4, 0.5) is 5.69 Å². The van der Waals surface area contributed by atoms with E-state index >= 15 is 0 Å². The number of nitrogens with zero attached hydrogens (tertiary/aromatic N) is 4. The summed E-state index contributed by atoms with van der Waals surface area (Å²) in [7, 11) is -4.31. The second-order valence-electron chi connectivity index (χ2n) is 6.07. The van der Waals surface area contributed by atoms with Crippen LogP contribution >= 0.6 is 0 Å². The molecule has 3 aromatic rings. The molecule has 0 aliphatic rings. The molecule has 14 heteroatoms. The topological polar surface area (TPSA) is 182 Å². The predicted molar refractivity (Wildman–Crippen MR) is 101 cm³/mol. The van der Waals surface area contributed by atoms with Crippen molar-refractivity contribution in [3.05, 3.63) is 61.7 Å². The predicted octanol–water partition coefficient (Wildman–Crippen LogP) is -0.0437. The molecule has 0 radical (unpaired) electrons. The van der Waals surface area contributed by atoms with Gasteiger partial charge in [0.1, 0.15) is 5.69 Å². The van der Waals surface area contributed by atoms with E-state index in [0.29, 0.717) is 6.42 Å². The summed E-state index contributed by atoms with van der Waals surface area (Å²) in [5.41, 5.74) is -1.52. The molecule has 154 valence electrons. The Morgan fingerprint density at radius 3 is 2.66 bits per heavy atom. The van der Waals surface area contributed by atoms with E-state index < -0.39 is 26.3 Å². The second kappa shape index (κ2) is 7.94. The van der Waals surface area contributed by atoms with Crippen LogP contribution < -0.4 is 15.8 Å². The number of aryl methyl sites for hydroxylation is 1. The lowest BCUT2D eigenvalue weighted by Gasteiger charge is -2.12. The van der Waals surface area contributed by atoms with Gasteiger partial charge < -0.3 is 14.1 Å². The van der Waals surface area contributed by atoms with Gasteiger partial charge in [-0.2, -0.15) is 13.1 Å². The molecular weight excluding hydrogens is 408 g/mol. The molecule has 0 amide bonds. The fourth-order valence-corrected chi connectivity index (χ4v) is 3.27. The number of imidazole rings is 1. The van der Waals surface area contributed by atoms with Gasteiger partial charge in [-0.15, -0.1) is 0 Å². The van der Waals surface area contributed by atoms with Gasteiger partial charge in [-0.1, -0.05) is 0 Å². The number of aromatic nitrogens is 4. The van der Waals surface area contributed by atoms with E-state index in [1.54, 1.807) is 0 Å². The van der Waals surface area contributed by atoms with Crippen molar-refractivity contribution in [1.82, 2.24) is 23.8 Å². The molecule has 3 rings (SSSR count). The van der Waals surface area contributed by atoms with E-state index in [-0.39, 0.29) is 41.9 Å². The Balaban J connectivity index is 2.03. The Morgan fingerprint density at radius 2 is 2.03 bits per heavy atom. The molecule has 2 aromatic heterocycles. The third kappa shape index (κ3) is 4.56. The lowest BCUT2D eigenvalue weighted by Crippen LogP contribution is -2.36. The van der Waals surface area contributed by atoms with Crippen LogP contribution in [-0.4, -0.2) is 43.5 Å². The summed E-state index contributed by atoms with van der Waals surface area (Å²) in [6.07, 6.45) is 4.89. The number of benzene rings is 1. The second-order valence-corrected chi connectivity index (χ2v) is 7.31. The van der Waals surface area contributed by atoms with Gasteiger partial charge in [-0.25, -0.2) is 4.98 Å². The summed E-state index contributed by atoms with van der Waals surface area (Å²) >= 11 is 0. The molecule has 0 fully saturated rings. The fraction of sp³-hybridized carbons (Fsp3) is 0.267. The molecule has 0 aliphatic carbocycles. The van der Waals surface area contributed by atoms with Gasteiger partial charge in [0, 0.05) is 31.5 Å². The molecule has 2 heterocycles. The molecule has 3 N–H and O–H groups in total. The van der Waals surface area contributed by atoms with Crippen molar-refractivity contribution in [3.8, 4) is 5.69 Å². The van der Waals surface area contributed by atoms with Gasteiger partial charge in [0.2, 0.25) is 0 Å². The summed E-state index contributed by atoms with van der Waals surface area (Å²) < 4.78 is 34.4. The third-order valence-electron chi connectivity index (χ3n) is 4.14. The number of nitro groups is 1. The largest absolute Gasteiger partial charge is 0.333 e. The van der Waals surface area contributed by atoms with Crippen LogP contribution in [0.15, 0.2) is 40.4 Å². The van der Waals surface area contributed by atoms with E-state index in [0.717, 1.165) is 0 Å². The number of nitrogens with one attached hydrogen (secondary N) is 2. The zero-order valence-corrected chi connectivity index (χ0v) is 15.6. The number of nitro benzene ring substituents is 1. The summed E-state index contributed by atoms with van der Waals surface area (Å²) in [6, 6.07) is 2.57. The van der Waals surface area contributed by atoms with Crippen molar-refractivity contribution < 1.29 is 17.9 Å². The van der Waals surface area contributed by atoms with Crippen LogP contribution in [0.1, 0.15) is 12.8 Å². The molecule has 0 saturated carbocycles. The third-order valence-corrected chi connectivity index (χ3v) is 4.71. The highest BCUT2D eigenvalue weighted by atomic mass is 32.2. The van der Waals surface area contributed by atoms with Crippen molar-refractivity contribution in [2.75, 3.05) is 6.54 Å². The number of fused-ring (bicyclic) bond motifs is 1. The standard InChI is InChI=1S/C15H16N6O7S/c22-14-15(23)20(5-2-1-3-17-29(26,27)28)11-8-12(19-6-4-16-9-19)13(21(24)25)7-10(11)18-14/h4,6-9,17H,1-3,5H2,(H,18,22)(H,26,27,28). The Hall–Kier alpha value is -3.36. The summed E-state index contributed by atoms with van der Waals surface area (Å²) in [5.74, 6) is 0. The molecule has 13 nitrogen and oxygen atoms in total. The van der Waals surface area contributed by atoms with Gasteiger partial charge in [0.25, 0.3) is 5.69 Å². The molecule has 0 unspecified atom stereocenters. The minimum atomic E-state index is -4.31. The maximum absolute atomic E-state index is 12.3. The minimum absolute atomic E-state index is 0.0551. The van der Waals surface area contributed by atoms with E-state index in [1.807, 2.05) is 4.72 Å². The number of hydrogen-bond donors (Lipinski definition) is 3. The number of H-pyrrole nitrogens is 1. The molecule has 0 aliphatic heterocycles. The van der Waals surface area contributed by atoms with Crippen molar-refractivity contribution in [2.24, 2.45) is 0 Å². The first-order valence-electron chi connectivity index (χ1n) is 8.33. The molecular formula is C15H16N6O7S.